The molecule has 0 radical (unpaired) electrons. The second-order valence-electron chi connectivity index (χ2n) is 6.65. The molecule has 1 aromatic carbocycles. The van der Waals surface area contributed by atoms with Crippen molar-refractivity contribution in [2.75, 3.05) is 17.5 Å². The van der Waals surface area contributed by atoms with Gasteiger partial charge in [0.25, 0.3) is 10.0 Å². The normalized spacial score (nSPS) is 22.5. The molecule has 0 unspecified atom stereocenters. The summed E-state index contributed by atoms with van der Waals surface area (Å²) in [4.78, 5) is 13.0. The van der Waals surface area contributed by atoms with Crippen molar-refractivity contribution in [3.05, 3.63) is 62.3 Å². The third-order valence-corrected chi connectivity index (χ3v) is 7.67. The van der Waals surface area contributed by atoms with E-state index in [0.717, 1.165) is 18.4 Å². The number of thiophene rings is 1. The molecule has 6 nitrogen and oxygen atoms in total. The highest BCUT2D eigenvalue weighted by Crippen LogP contribution is 2.39. The molecule has 2 aliphatic heterocycles. The third-order valence-electron chi connectivity index (χ3n) is 4.75. The number of benzene rings is 1. The molecular formula is C19H19ClN2O4S2. The molecule has 0 aliphatic carbocycles. The highest BCUT2D eigenvalue weighted by Gasteiger charge is 2.41. The second kappa shape index (κ2) is 7.87. The van der Waals surface area contributed by atoms with E-state index in [2.05, 4.69) is 5.32 Å². The Kier molecular flexibility index (Phi) is 5.46. The van der Waals surface area contributed by atoms with Crippen molar-refractivity contribution in [3.8, 4) is 0 Å². The first kappa shape index (κ1) is 19.4. The summed E-state index contributed by atoms with van der Waals surface area (Å²) >= 11 is 7.17. The molecule has 1 saturated heterocycles. The van der Waals surface area contributed by atoms with Crippen LogP contribution in [0, 0.1) is 0 Å². The largest absolute Gasteiger partial charge is 0.387 e. The molecular weight excluding hydrogens is 420 g/mol. The molecule has 4 rings (SSSR count). The van der Waals surface area contributed by atoms with Gasteiger partial charge in [-0.1, -0.05) is 23.7 Å². The molecule has 28 heavy (non-hydrogen) atoms. The van der Waals surface area contributed by atoms with E-state index >= 15 is 0 Å². The van der Waals surface area contributed by atoms with Gasteiger partial charge in [0.05, 0.1) is 18.3 Å². The van der Waals surface area contributed by atoms with Crippen LogP contribution in [0.5, 0.6) is 0 Å². The Labute approximate surface area is 172 Å². The quantitative estimate of drug-likeness (QED) is 0.722. The molecule has 1 fully saturated rings. The number of nitrogens with one attached hydrogen (secondary N) is 1. The molecule has 148 valence electrons. The summed E-state index contributed by atoms with van der Waals surface area (Å²) in [6, 6.07) is 8.65. The van der Waals surface area contributed by atoms with Crippen molar-refractivity contribution in [2.45, 2.75) is 25.5 Å². The zero-order chi connectivity index (χ0) is 19.7. The van der Waals surface area contributed by atoms with E-state index in [1.54, 1.807) is 35.7 Å². The second-order valence-corrected chi connectivity index (χ2v) is 9.84. The average molecular weight is 439 g/mol. The summed E-state index contributed by atoms with van der Waals surface area (Å²) in [6.45, 7) is 1.31. The number of carbonyl (C=O) groups is 1. The highest BCUT2D eigenvalue weighted by molar-refractivity contribution is 7.97. The molecule has 0 spiro atoms. The van der Waals surface area contributed by atoms with Crippen molar-refractivity contribution < 1.29 is 17.9 Å². The Hall–Kier alpha value is -1.87. The zero-order valence-corrected chi connectivity index (χ0v) is 17.3. The van der Waals surface area contributed by atoms with Gasteiger partial charge in [-0.05, 0) is 42.0 Å². The molecule has 0 bridgehead atoms. The zero-order valence-electron chi connectivity index (χ0n) is 14.9. The number of anilines is 1. The Balaban J connectivity index is 1.64. The predicted molar refractivity (Wildman–Crippen MR) is 110 cm³/mol. The van der Waals surface area contributed by atoms with Crippen molar-refractivity contribution >= 4 is 44.4 Å². The first-order valence-electron chi connectivity index (χ1n) is 8.91. The van der Waals surface area contributed by atoms with Gasteiger partial charge >= 0.3 is 0 Å². The Morgan fingerprint density at radius 2 is 2.07 bits per heavy atom. The summed E-state index contributed by atoms with van der Waals surface area (Å²) in [6.07, 6.45) is 3.28. The number of hydrogen-bond acceptors (Lipinski definition) is 6. The lowest BCUT2D eigenvalue weighted by atomic mass is 10.2. The van der Waals surface area contributed by atoms with Gasteiger partial charge in [-0.25, -0.2) is 8.42 Å². The maximum Gasteiger partial charge on any atom is 0.270 e. The smallest absolute Gasteiger partial charge is 0.270 e. The van der Waals surface area contributed by atoms with Gasteiger partial charge in [0.15, 0.2) is 4.91 Å². The van der Waals surface area contributed by atoms with Crippen LogP contribution in [0.15, 0.2) is 46.8 Å². The van der Waals surface area contributed by atoms with Crippen LogP contribution in [-0.4, -0.2) is 33.5 Å². The topological polar surface area (TPSA) is 75.7 Å². The van der Waals surface area contributed by atoms with E-state index in [1.807, 2.05) is 0 Å². The first-order chi connectivity index (χ1) is 13.5. The van der Waals surface area contributed by atoms with E-state index in [4.69, 9.17) is 16.3 Å². The van der Waals surface area contributed by atoms with Crippen LogP contribution in [0.1, 0.15) is 28.1 Å². The van der Waals surface area contributed by atoms with E-state index in [9.17, 15) is 13.2 Å². The maximum atomic E-state index is 13.2. The van der Waals surface area contributed by atoms with Gasteiger partial charge < -0.3 is 10.1 Å². The number of nitrogens with zero attached hydrogens (tertiary/aromatic N) is 1. The van der Waals surface area contributed by atoms with Crippen LogP contribution in [0.25, 0.3) is 0 Å². The fourth-order valence-corrected chi connectivity index (χ4v) is 5.93. The maximum absolute atomic E-state index is 13.2. The Bertz CT molecular complexity index is 1010. The van der Waals surface area contributed by atoms with Gasteiger partial charge in [0.2, 0.25) is 5.78 Å². The number of halogens is 1. The number of ether oxygens (including phenoxy) is 1. The van der Waals surface area contributed by atoms with Gasteiger partial charge in [-0.15, -0.1) is 11.3 Å². The number of carbonyl (C=O) groups excluding carboxylic acids is 1. The minimum absolute atomic E-state index is 0.0423. The number of hydrogen-bond donors (Lipinski definition) is 1. The molecule has 2 aliphatic rings. The van der Waals surface area contributed by atoms with Crippen molar-refractivity contribution in [2.24, 2.45) is 0 Å². The molecule has 0 amide bonds. The van der Waals surface area contributed by atoms with Crippen molar-refractivity contribution in [3.63, 3.8) is 0 Å². The first-order valence-corrected chi connectivity index (χ1v) is 11.6. The Morgan fingerprint density at radius 3 is 2.79 bits per heavy atom. The SMILES string of the molecule is O=C1/C(=C/NC[C@@H]2CCCO2)S(=O)(=O)N(Cc2ccc(Cl)cc2)c2ccsc21. The molecule has 1 aromatic heterocycles. The molecule has 1 N–H and O–H groups in total. The lowest BCUT2D eigenvalue weighted by Gasteiger charge is -2.29. The monoisotopic (exact) mass is 438 g/mol. The lowest BCUT2D eigenvalue weighted by Crippen LogP contribution is -2.39. The number of Topliss-reactive ketones (excluding diaryl/α,β-unsaturated/α-hetero) is 1. The molecule has 3 heterocycles. The summed E-state index contributed by atoms with van der Waals surface area (Å²) in [5, 5.41) is 5.28. The van der Waals surface area contributed by atoms with Gasteiger partial charge in [0.1, 0.15) is 4.88 Å². The Morgan fingerprint density at radius 1 is 1.29 bits per heavy atom. The summed E-state index contributed by atoms with van der Waals surface area (Å²) in [5.74, 6) is -0.475. The number of rotatable bonds is 5. The molecule has 2 aromatic rings. The predicted octanol–water partition coefficient (Wildman–Crippen LogP) is 3.54. The number of sulfonamides is 1. The highest BCUT2D eigenvalue weighted by atomic mass is 35.5. The van der Waals surface area contributed by atoms with Crippen LogP contribution in [0.4, 0.5) is 5.69 Å². The summed E-state index contributed by atoms with van der Waals surface area (Å²) in [5.41, 5.74) is 1.20. The summed E-state index contributed by atoms with van der Waals surface area (Å²) < 4.78 is 33.3. The van der Waals surface area contributed by atoms with Crippen LogP contribution < -0.4 is 9.62 Å². The van der Waals surface area contributed by atoms with Crippen LogP contribution in [0.3, 0.4) is 0 Å². The van der Waals surface area contributed by atoms with Gasteiger partial charge in [-0.3, -0.25) is 9.10 Å². The van der Waals surface area contributed by atoms with Crippen LogP contribution >= 0.6 is 22.9 Å². The van der Waals surface area contributed by atoms with Crippen LogP contribution in [-0.2, 0) is 21.3 Å². The summed E-state index contributed by atoms with van der Waals surface area (Å²) in [7, 11) is -3.99. The van der Waals surface area contributed by atoms with Gasteiger partial charge in [-0.2, -0.15) is 0 Å². The van der Waals surface area contributed by atoms with Crippen LogP contribution in [0.2, 0.25) is 5.02 Å². The third kappa shape index (κ3) is 3.69. The standard InChI is InChI=1S/C19H19ClN2O4S2/c20-14-5-3-13(4-6-14)12-22-16-7-9-27-19(16)18(23)17(28(22,24)25)11-21-10-15-2-1-8-26-15/h3-7,9,11,15,21H,1-2,8,10,12H2/b17-11-/t15-/m0/s1. The molecule has 1 atom stereocenters. The van der Waals surface area contributed by atoms with E-state index in [0.29, 0.717) is 28.7 Å². The number of allylic oxidation sites excluding steroid dienone is 1. The molecule has 0 saturated carbocycles. The van der Waals surface area contributed by atoms with Gasteiger partial charge in [0, 0.05) is 24.4 Å². The van der Waals surface area contributed by atoms with E-state index in [-0.39, 0.29) is 17.6 Å². The minimum Gasteiger partial charge on any atom is -0.387 e. The average Bonchev–Trinajstić information content (AvgIpc) is 3.35. The fourth-order valence-electron chi connectivity index (χ4n) is 3.30. The molecule has 9 heteroatoms. The number of fused-ring (bicyclic) bond motifs is 1. The van der Waals surface area contributed by atoms with E-state index < -0.39 is 15.8 Å². The van der Waals surface area contributed by atoms with Crippen molar-refractivity contribution in [1.82, 2.24) is 5.32 Å². The minimum atomic E-state index is -3.99. The van der Waals surface area contributed by atoms with Crippen molar-refractivity contribution in [1.29, 1.82) is 0 Å². The number of ketones is 1. The fraction of sp³-hybridized carbons (Fsp3) is 0.316. The lowest BCUT2D eigenvalue weighted by molar-refractivity contribution is 0.104. The van der Waals surface area contributed by atoms with E-state index in [1.165, 1.54) is 21.8 Å².